The standard InChI is InChI=1S/C24H26N4O4/c1-15(2)14-27-22(31)19-9-4-5-10-20(19)28-21(30)11-12-24(27,28)23(32)26-18-8-6-7-17(13-18)25-16(3)29/h4-10,13,15H,11-12,14H2,1-3H3,(H,25,29)(H,26,32)/t24-/m1/s1. The fourth-order valence-electron chi connectivity index (χ4n) is 4.51. The molecule has 166 valence electrons. The topological polar surface area (TPSA) is 98.8 Å². The summed E-state index contributed by atoms with van der Waals surface area (Å²) in [5.74, 6) is -1.04. The molecule has 0 aliphatic carbocycles. The average molecular weight is 434 g/mol. The summed E-state index contributed by atoms with van der Waals surface area (Å²) in [5.41, 5.74) is 0.431. The number of fused-ring (bicyclic) bond motifs is 3. The number of nitrogens with one attached hydrogen (secondary N) is 2. The number of anilines is 3. The summed E-state index contributed by atoms with van der Waals surface area (Å²) < 4.78 is 0. The van der Waals surface area contributed by atoms with E-state index in [1.54, 1.807) is 48.5 Å². The van der Waals surface area contributed by atoms with Gasteiger partial charge in [0.15, 0.2) is 0 Å². The molecular formula is C24H26N4O4. The highest BCUT2D eigenvalue weighted by Gasteiger charge is 2.60. The van der Waals surface area contributed by atoms with E-state index in [2.05, 4.69) is 10.6 Å². The molecule has 4 rings (SSSR count). The van der Waals surface area contributed by atoms with Crippen molar-refractivity contribution in [3.63, 3.8) is 0 Å². The molecule has 0 bridgehead atoms. The quantitative estimate of drug-likeness (QED) is 0.755. The third-order valence-electron chi connectivity index (χ3n) is 5.73. The molecule has 2 aromatic rings. The molecule has 4 amide bonds. The van der Waals surface area contributed by atoms with Crippen LogP contribution in [0.15, 0.2) is 48.5 Å². The molecule has 0 saturated carbocycles. The molecule has 1 fully saturated rings. The predicted octanol–water partition coefficient (Wildman–Crippen LogP) is 3.22. The van der Waals surface area contributed by atoms with Crippen LogP contribution < -0.4 is 15.5 Å². The third-order valence-corrected chi connectivity index (χ3v) is 5.73. The molecule has 2 aromatic carbocycles. The van der Waals surface area contributed by atoms with Crippen molar-refractivity contribution in [2.45, 2.75) is 39.3 Å². The van der Waals surface area contributed by atoms with Crippen molar-refractivity contribution < 1.29 is 19.2 Å². The first-order valence-corrected chi connectivity index (χ1v) is 10.7. The van der Waals surface area contributed by atoms with Gasteiger partial charge in [-0.1, -0.05) is 32.0 Å². The summed E-state index contributed by atoms with van der Waals surface area (Å²) in [5, 5.41) is 5.57. The Kier molecular flexibility index (Phi) is 5.46. The van der Waals surface area contributed by atoms with Gasteiger partial charge in [0.05, 0.1) is 11.3 Å². The fourth-order valence-corrected chi connectivity index (χ4v) is 4.51. The third kappa shape index (κ3) is 3.51. The van der Waals surface area contributed by atoms with Crippen LogP contribution in [0.2, 0.25) is 0 Å². The van der Waals surface area contributed by atoms with Gasteiger partial charge < -0.3 is 15.5 Å². The van der Waals surface area contributed by atoms with Gasteiger partial charge in [-0.3, -0.25) is 24.1 Å². The molecule has 0 spiro atoms. The minimum atomic E-state index is -1.45. The van der Waals surface area contributed by atoms with Crippen LogP contribution in [0.5, 0.6) is 0 Å². The van der Waals surface area contributed by atoms with Gasteiger partial charge in [0, 0.05) is 37.7 Å². The Morgan fingerprint density at radius 1 is 1.03 bits per heavy atom. The Labute approximate surface area is 186 Å². The number of rotatable bonds is 5. The summed E-state index contributed by atoms with van der Waals surface area (Å²) in [6, 6.07) is 13.7. The highest BCUT2D eigenvalue weighted by atomic mass is 16.2. The van der Waals surface area contributed by atoms with Gasteiger partial charge in [0.2, 0.25) is 17.5 Å². The van der Waals surface area contributed by atoms with E-state index >= 15 is 0 Å². The molecule has 8 nitrogen and oxygen atoms in total. The van der Waals surface area contributed by atoms with Gasteiger partial charge in [-0.15, -0.1) is 0 Å². The highest BCUT2D eigenvalue weighted by Crippen LogP contribution is 2.45. The fraction of sp³-hybridized carbons (Fsp3) is 0.333. The number of carbonyl (C=O) groups is 4. The lowest BCUT2D eigenvalue weighted by molar-refractivity contribution is -0.129. The molecule has 0 aromatic heterocycles. The van der Waals surface area contributed by atoms with Crippen LogP contribution in [0.1, 0.15) is 44.0 Å². The van der Waals surface area contributed by atoms with E-state index in [-0.39, 0.29) is 36.5 Å². The van der Waals surface area contributed by atoms with Gasteiger partial charge in [-0.25, -0.2) is 0 Å². The van der Waals surface area contributed by atoms with E-state index in [1.165, 1.54) is 16.7 Å². The van der Waals surface area contributed by atoms with E-state index in [0.29, 0.717) is 29.2 Å². The monoisotopic (exact) mass is 434 g/mol. The van der Waals surface area contributed by atoms with Crippen LogP contribution in [0.4, 0.5) is 17.1 Å². The number of nitrogens with zero attached hydrogens (tertiary/aromatic N) is 2. The molecule has 8 heteroatoms. The molecule has 2 aliphatic heterocycles. The lowest BCUT2D eigenvalue weighted by atomic mass is 9.94. The van der Waals surface area contributed by atoms with Gasteiger partial charge in [0.25, 0.3) is 11.8 Å². The van der Waals surface area contributed by atoms with E-state index in [1.807, 2.05) is 13.8 Å². The number of hydrogen-bond acceptors (Lipinski definition) is 4. The molecule has 2 heterocycles. The first-order chi connectivity index (χ1) is 15.2. The first kappa shape index (κ1) is 21.5. The summed E-state index contributed by atoms with van der Waals surface area (Å²) in [4.78, 5) is 54.7. The number of carbonyl (C=O) groups excluding carboxylic acids is 4. The largest absolute Gasteiger partial charge is 0.326 e. The van der Waals surface area contributed by atoms with Crippen LogP contribution in [-0.2, 0) is 14.4 Å². The Morgan fingerprint density at radius 3 is 2.41 bits per heavy atom. The Balaban J connectivity index is 1.78. The van der Waals surface area contributed by atoms with E-state index in [0.717, 1.165) is 0 Å². The van der Waals surface area contributed by atoms with Gasteiger partial charge in [0.1, 0.15) is 0 Å². The summed E-state index contributed by atoms with van der Waals surface area (Å²) >= 11 is 0. The summed E-state index contributed by atoms with van der Waals surface area (Å²) in [6.45, 7) is 5.67. The second-order valence-corrected chi connectivity index (χ2v) is 8.59. The van der Waals surface area contributed by atoms with Crippen molar-refractivity contribution in [1.29, 1.82) is 0 Å². The number of benzene rings is 2. The smallest absolute Gasteiger partial charge is 0.271 e. The highest BCUT2D eigenvalue weighted by molar-refractivity contribution is 6.18. The molecule has 0 unspecified atom stereocenters. The maximum Gasteiger partial charge on any atom is 0.271 e. The van der Waals surface area contributed by atoms with Crippen molar-refractivity contribution in [3.8, 4) is 0 Å². The number of para-hydroxylation sites is 1. The zero-order chi connectivity index (χ0) is 23.0. The summed E-state index contributed by atoms with van der Waals surface area (Å²) in [7, 11) is 0. The molecule has 32 heavy (non-hydrogen) atoms. The van der Waals surface area contributed by atoms with Gasteiger partial charge in [-0.2, -0.15) is 0 Å². The second-order valence-electron chi connectivity index (χ2n) is 8.59. The Bertz CT molecular complexity index is 1110. The van der Waals surface area contributed by atoms with Gasteiger partial charge >= 0.3 is 0 Å². The van der Waals surface area contributed by atoms with Crippen molar-refractivity contribution in [1.82, 2.24) is 4.90 Å². The zero-order valence-electron chi connectivity index (χ0n) is 18.3. The minimum absolute atomic E-state index is 0.0922. The van der Waals surface area contributed by atoms with Crippen LogP contribution in [0.3, 0.4) is 0 Å². The molecular weight excluding hydrogens is 408 g/mol. The van der Waals surface area contributed by atoms with Crippen molar-refractivity contribution in [3.05, 3.63) is 54.1 Å². The molecule has 2 aliphatic rings. The first-order valence-electron chi connectivity index (χ1n) is 10.7. The van der Waals surface area contributed by atoms with Crippen molar-refractivity contribution in [2.75, 3.05) is 22.1 Å². The molecule has 2 N–H and O–H groups in total. The van der Waals surface area contributed by atoms with Crippen LogP contribution in [0.25, 0.3) is 0 Å². The van der Waals surface area contributed by atoms with Gasteiger partial charge in [-0.05, 0) is 36.2 Å². The Hall–Kier alpha value is -3.68. The SMILES string of the molecule is CC(=O)Nc1cccc(NC(=O)[C@@]23CCC(=O)N2c2ccccc2C(=O)N3CC(C)C)c1. The predicted molar refractivity (Wildman–Crippen MR) is 121 cm³/mol. The van der Waals surface area contributed by atoms with E-state index < -0.39 is 11.6 Å². The minimum Gasteiger partial charge on any atom is -0.326 e. The lowest BCUT2D eigenvalue weighted by Crippen LogP contribution is -2.69. The van der Waals surface area contributed by atoms with Crippen LogP contribution in [-0.4, -0.2) is 40.7 Å². The average Bonchev–Trinajstić information content (AvgIpc) is 3.09. The van der Waals surface area contributed by atoms with Crippen LogP contribution in [0, 0.1) is 5.92 Å². The maximum atomic E-state index is 13.8. The number of amides is 4. The lowest BCUT2D eigenvalue weighted by Gasteiger charge is -2.49. The van der Waals surface area contributed by atoms with Crippen molar-refractivity contribution >= 4 is 40.7 Å². The molecule has 1 saturated heterocycles. The van der Waals surface area contributed by atoms with E-state index in [4.69, 9.17) is 0 Å². The van der Waals surface area contributed by atoms with Crippen LogP contribution >= 0.6 is 0 Å². The molecule has 1 atom stereocenters. The Morgan fingerprint density at radius 2 is 1.72 bits per heavy atom. The molecule has 0 radical (unpaired) electrons. The van der Waals surface area contributed by atoms with E-state index in [9.17, 15) is 19.2 Å². The zero-order valence-corrected chi connectivity index (χ0v) is 18.3. The van der Waals surface area contributed by atoms with Crippen molar-refractivity contribution in [2.24, 2.45) is 5.92 Å². The number of hydrogen-bond donors (Lipinski definition) is 2. The summed E-state index contributed by atoms with van der Waals surface area (Å²) in [6.07, 6.45) is 0.366. The normalized spacial score (nSPS) is 19.6. The maximum absolute atomic E-state index is 13.8. The second kappa shape index (κ2) is 8.11.